The fraction of sp³-hybridized carbons (Fsp3) is 0.118. The maximum absolute atomic E-state index is 12.1. The highest BCUT2D eigenvalue weighted by molar-refractivity contribution is 7.13. The molecule has 0 radical (unpaired) electrons. The molecule has 4 heterocycles. The molecule has 0 bridgehead atoms. The zero-order valence-corrected chi connectivity index (χ0v) is 13.8. The number of nitrogens with zero attached hydrogens (tertiary/aromatic N) is 3. The number of furan rings is 2. The zero-order valence-electron chi connectivity index (χ0n) is 13.0. The summed E-state index contributed by atoms with van der Waals surface area (Å²) in [5, 5.41) is 6.67. The third-order valence-corrected chi connectivity index (χ3v) is 4.28. The van der Waals surface area contributed by atoms with Crippen molar-refractivity contribution in [3.8, 4) is 10.8 Å². The van der Waals surface area contributed by atoms with Crippen LogP contribution >= 0.6 is 11.3 Å². The standard InChI is InChI=1S/C17H13N3O4S/c21-17(15-5-4-13(24-15)9-20-7-2-6-18-20)23-10-12-11-25-16(19-12)14-3-1-8-22-14/h1-8,11H,9-10H2. The maximum Gasteiger partial charge on any atom is 0.374 e. The SMILES string of the molecule is O=C(OCc1csc(-c2ccco2)n1)c1ccc(Cn2cccn2)o1. The third-order valence-electron chi connectivity index (χ3n) is 3.37. The highest BCUT2D eigenvalue weighted by atomic mass is 32.1. The van der Waals surface area contributed by atoms with E-state index in [0.29, 0.717) is 23.8 Å². The molecule has 0 unspecified atom stereocenters. The summed E-state index contributed by atoms with van der Waals surface area (Å²) in [5.74, 6) is 0.948. The lowest BCUT2D eigenvalue weighted by atomic mass is 10.4. The summed E-state index contributed by atoms with van der Waals surface area (Å²) in [5.41, 5.74) is 0.660. The predicted octanol–water partition coefficient (Wildman–Crippen LogP) is 3.60. The second kappa shape index (κ2) is 6.78. The molecule has 126 valence electrons. The van der Waals surface area contributed by atoms with Gasteiger partial charge in [-0.15, -0.1) is 11.3 Å². The van der Waals surface area contributed by atoms with E-state index >= 15 is 0 Å². The van der Waals surface area contributed by atoms with Gasteiger partial charge in [-0.1, -0.05) is 0 Å². The quantitative estimate of drug-likeness (QED) is 0.492. The Morgan fingerprint density at radius 1 is 1.28 bits per heavy atom. The number of carbonyl (C=O) groups excluding carboxylic acids is 1. The van der Waals surface area contributed by atoms with Crippen molar-refractivity contribution in [2.75, 3.05) is 0 Å². The highest BCUT2D eigenvalue weighted by Crippen LogP contribution is 2.24. The van der Waals surface area contributed by atoms with E-state index in [9.17, 15) is 4.79 Å². The fourth-order valence-corrected chi connectivity index (χ4v) is 2.99. The van der Waals surface area contributed by atoms with Crippen LogP contribution < -0.4 is 0 Å². The normalized spacial score (nSPS) is 10.9. The first-order chi connectivity index (χ1) is 12.3. The van der Waals surface area contributed by atoms with Crippen LogP contribution in [0.5, 0.6) is 0 Å². The number of esters is 1. The van der Waals surface area contributed by atoms with Gasteiger partial charge in [-0.25, -0.2) is 9.78 Å². The number of aromatic nitrogens is 3. The van der Waals surface area contributed by atoms with E-state index in [0.717, 1.165) is 5.01 Å². The molecule has 25 heavy (non-hydrogen) atoms. The summed E-state index contributed by atoms with van der Waals surface area (Å²) in [6.45, 7) is 0.532. The molecule has 4 aromatic heterocycles. The van der Waals surface area contributed by atoms with Crippen molar-refractivity contribution in [3.63, 3.8) is 0 Å². The molecular formula is C17H13N3O4S. The van der Waals surface area contributed by atoms with Crippen LogP contribution in [-0.2, 0) is 17.9 Å². The second-order valence-electron chi connectivity index (χ2n) is 5.17. The molecule has 0 saturated heterocycles. The summed E-state index contributed by atoms with van der Waals surface area (Å²) in [6, 6.07) is 8.78. The minimum atomic E-state index is -0.528. The minimum Gasteiger partial charge on any atom is -0.462 e. The van der Waals surface area contributed by atoms with Crippen molar-refractivity contribution in [2.45, 2.75) is 13.2 Å². The lowest BCUT2D eigenvalue weighted by Gasteiger charge is -2.00. The Kier molecular flexibility index (Phi) is 4.17. The van der Waals surface area contributed by atoms with Crippen molar-refractivity contribution in [2.24, 2.45) is 0 Å². The molecule has 0 aliphatic carbocycles. The molecule has 0 saturated carbocycles. The number of carbonyl (C=O) groups is 1. The van der Waals surface area contributed by atoms with Crippen LogP contribution in [0, 0.1) is 0 Å². The van der Waals surface area contributed by atoms with Gasteiger partial charge in [0.05, 0.1) is 18.5 Å². The van der Waals surface area contributed by atoms with Gasteiger partial charge in [-0.05, 0) is 30.3 Å². The van der Waals surface area contributed by atoms with Crippen LogP contribution in [0.15, 0.2) is 63.2 Å². The lowest BCUT2D eigenvalue weighted by Crippen LogP contribution is -2.04. The minimum absolute atomic E-state index is 0.0746. The van der Waals surface area contributed by atoms with E-state index < -0.39 is 5.97 Å². The molecule has 0 amide bonds. The maximum atomic E-state index is 12.1. The van der Waals surface area contributed by atoms with Gasteiger partial charge < -0.3 is 13.6 Å². The first-order valence-corrected chi connectivity index (χ1v) is 8.37. The Hall–Kier alpha value is -3.13. The number of hydrogen-bond acceptors (Lipinski definition) is 7. The molecule has 0 aromatic carbocycles. The zero-order chi connectivity index (χ0) is 17.1. The Morgan fingerprint density at radius 3 is 3.04 bits per heavy atom. The largest absolute Gasteiger partial charge is 0.462 e. The van der Waals surface area contributed by atoms with E-state index in [4.69, 9.17) is 13.6 Å². The molecule has 0 atom stereocenters. The van der Waals surface area contributed by atoms with E-state index in [2.05, 4.69) is 10.1 Å². The van der Waals surface area contributed by atoms with Gasteiger partial charge in [0, 0.05) is 17.8 Å². The Labute approximate surface area is 146 Å². The van der Waals surface area contributed by atoms with Crippen molar-refractivity contribution in [1.82, 2.24) is 14.8 Å². The van der Waals surface area contributed by atoms with E-state index in [1.165, 1.54) is 11.3 Å². The molecular weight excluding hydrogens is 342 g/mol. The Morgan fingerprint density at radius 2 is 2.24 bits per heavy atom. The Balaban J connectivity index is 1.35. The predicted molar refractivity (Wildman–Crippen MR) is 89.0 cm³/mol. The van der Waals surface area contributed by atoms with Gasteiger partial charge in [0.15, 0.2) is 10.8 Å². The molecule has 4 aromatic rings. The number of thiazole rings is 1. The smallest absolute Gasteiger partial charge is 0.374 e. The van der Waals surface area contributed by atoms with Crippen LogP contribution in [-0.4, -0.2) is 20.7 Å². The first-order valence-electron chi connectivity index (χ1n) is 7.49. The first kappa shape index (κ1) is 15.4. The van der Waals surface area contributed by atoms with Crippen molar-refractivity contribution >= 4 is 17.3 Å². The Bertz CT molecular complexity index is 954. The van der Waals surface area contributed by atoms with Gasteiger partial charge in [0.25, 0.3) is 0 Å². The fourth-order valence-electron chi connectivity index (χ4n) is 2.22. The number of hydrogen-bond donors (Lipinski definition) is 0. The molecule has 0 spiro atoms. The molecule has 0 aliphatic rings. The average molecular weight is 355 g/mol. The van der Waals surface area contributed by atoms with Crippen LogP contribution in [0.4, 0.5) is 0 Å². The average Bonchev–Trinajstić information content (AvgIpc) is 3.39. The van der Waals surface area contributed by atoms with Crippen molar-refractivity contribution < 1.29 is 18.4 Å². The van der Waals surface area contributed by atoms with E-state index in [-0.39, 0.29) is 12.4 Å². The molecule has 7 nitrogen and oxygen atoms in total. The lowest BCUT2D eigenvalue weighted by molar-refractivity contribution is 0.0429. The third kappa shape index (κ3) is 3.53. The van der Waals surface area contributed by atoms with E-state index in [1.807, 2.05) is 23.7 Å². The monoisotopic (exact) mass is 355 g/mol. The van der Waals surface area contributed by atoms with Crippen LogP contribution in [0.3, 0.4) is 0 Å². The van der Waals surface area contributed by atoms with Crippen molar-refractivity contribution in [1.29, 1.82) is 0 Å². The van der Waals surface area contributed by atoms with Crippen LogP contribution in [0.1, 0.15) is 22.0 Å². The molecule has 4 rings (SSSR count). The summed E-state index contributed by atoms with van der Waals surface area (Å²) < 4.78 is 17.8. The molecule has 0 fully saturated rings. The molecule has 0 aliphatic heterocycles. The van der Waals surface area contributed by atoms with Gasteiger partial charge in [0.2, 0.25) is 5.76 Å². The molecule has 8 heteroatoms. The number of rotatable bonds is 6. The number of ether oxygens (including phenoxy) is 1. The van der Waals surface area contributed by atoms with Crippen molar-refractivity contribution in [3.05, 3.63) is 71.6 Å². The second-order valence-corrected chi connectivity index (χ2v) is 6.03. The summed E-state index contributed by atoms with van der Waals surface area (Å²) >= 11 is 1.43. The van der Waals surface area contributed by atoms with Gasteiger partial charge >= 0.3 is 5.97 Å². The van der Waals surface area contributed by atoms with Gasteiger partial charge in [-0.2, -0.15) is 5.10 Å². The highest BCUT2D eigenvalue weighted by Gasteiger charge is 2.15. The van der Waals surface area contributed by atoms with Gasteiger partial charge in [0.1, 0.15) is 12.4 Å². The van der Waals surface area contributed by atoms with Gasteiger partial charge in [-0.3, -0.25) is 4.68 Å². The molecule has 0 N–H and O–H groups in total. The van der Waals surface area contributed by atoms with Crippen LogP contribution in [0.2, 0.25) is 0 Å². The van der Waals surface area contributed by atoms with Crippen LogP contribution in [0.25, 0.3) is 10.8 Å². The summed E-state index contributed by atoms with van der Waals surface area (Å²) in [6.07, 6.45) is 5.09. The summed E-state index contributed by atoms with van der Waals surface area (Å²) in [7, 11) is 0. The van der Waals surface area contributed by atoms with E-state index in [1.54, 1.807) is 35.3 Å². The topological polar surface area (TPSA) is 83.3 Å². The summed E-state index contributed by atoms with van der Waals surface area (Å²) in [4.78, 5) is 16.5.